The molecular weight excluding hydrogens is 269 g/mol. The zero-order valence-electron chi connectivity index (χ0n) is 11.8. The van der Waals surface area contributed by atoms with E-state index in [1.165, 1.54) is 24.3 Å². The van der Waals surface area contributed by atoms with Gasteiger partial charge in [-0.2, -0.15) is 0 Å². The van der Waals surface area contributed by atoms with Crippen LogP contribution in [0.1, 0.15) is 5.56 Å². The summed E-state index contributed by atoms with van der Waals surface area (Å²) in [6, 6.07) is 13.4. The molecule has 0 fully saturated rings. The van der Waals surface area contributed by atoms with Crippen molar-refractivity contribution in [1.29, 1.82) is 0 Å². The Morgan fingerprint density at radius 1 is 1.19 bits per heavy atom. The van der Waals surface area contributed by atoms with Crippen LogP contribution in [-0.2, 0) is 11.3 Å². The molecule has 21 heavy (non-hydrogen) atoms. The summed E-state index contributed by atoms with van der Waals surface area (Å²) in [6.07, 6.45) is 0. The molecule has 0 saturated carbocycles. The molecule has 5 heteroatoms. The van der Waals surface area contributed by atoms with Gasteiger partial charge in [0.15, 0.2) is 0 Å². The molecule has 1 amide bonds. The lowest BCUT2D eigenvalue weighted by Gasteiger charge is -2.21. The van der Waals surface area contributed by atoms with Gasteiger partial charge in [0.05, 0.1) is 6.54 Å². The number of nitrogens with one attached hydrogen (secondary N) is 1. The highest BCUT2D eigenvalue weighted by molar-refractivity contribution is 5.94. The second kappa shape index (κ2) is 6.85. The zero-order valence-corrected chi connectivity index (χ0v) is 11.8. The van der Waals surface area contributed by atoms with Crippen LogP contribution < -0.4 is 16.0 Å². The van der Waals surface area contributed by atoms with E-state index in [0.29, 0.717) is 12.2 Å². The molecule has 0 bridgehead atoms. The lowest BCUT2D eigenvalue weighted by atomic mass is 10.1. The first-order valence-corrected chi connectivity index (χ1v) is 6.64. The van der Waals surface area contributed by atoms with Gasteiger partial charge in [0, 0.05) is 25.0 Å². The maximum atomic E-state index is 12.8. The fourth-order valence-electron chi connectivity index (χ4n) is 2.09. The third-order valence-electron chi connectivity index (χ3n) is 3.13. The van der Waals surface area contributed by atoms with Gasteiger partial charge in [0.25, 0.3) is 0 Å². The zero-order chi connectivity index (χ0) is 15.2. The number of benzene rings is 2. The molecule has 0 aliphatic rings. The molecule has 0 saturated heterocycles. The Bertz CT molecular complexity index is 613. The van der Waals surface area contributed by atoms with Crippen molar-refractivity contribution in [3.8, 4) is 0 Å². The normalized spacial score (nSPS) is 10.2. The molecule has 0 spiro atoms. The largest absolute Gasteiger partial charge is 0.365 e. The first kappa shape index (κ1) is 15.0. The Morgan fingerprint density at radius 2 is 1.86 bits per heavy atom. The maximum Gasteiger partial charge on any atom is 0.243 e. The van der Waals surface area contributed by atoms with Crippen molar-refractivity contribution in [2.45, 2.75) is 6.54 Å². The van der Waals surface area contributed by atoms with Gasteiger partial charge in [-0.25, -0.2) is 4.39 Å². The minimum Gasteiger partial charge on any atom is -0.365 e. The highest BCUT2D eigenvalue weighted by Gasteiger charge is 2.10. The van der Waals surface area contributed by atoms with Gasteiger partial charge in [-0.3, -0.25) is 4.79 Å². The summed E-state index contributed by atoms with van der Waals surface area (Å²) in [5.74, 6) is -0.502. The van der Waals surface area contributed by atoms with E-state index in [1.807, 2.05) is 36.2 Å². The highest BCUT2D eigenvalue weighted by Crippen LogP contribution is 2.18. The van der Waals surface area contributed by atoms with E-state index < -0.39 is 0 Å². The Hall–Kier alpha value is -2.40. The van der Waals surface area contributed by atoms with E-state index in [0.717, 1.165) is 11.3 Å². The van der Waals surface area contributed by atoms with Crippen molar-refractivity contribution in [2.24, 2.45) is 5.73 Å². The number of hydrogen-bond acceptors (Lipinski definition) is 3. The van der Waals surface area contributed by atoms with E-state index in [2.05, 4.69) is 5.32 Å². The van der Waals surface area contributed by atoms with Crippen LogP contribution in [0.2, 0.25) is 0 Å². The van der Waals surface area contributed by atoms with Gasteiger partial charge >= 0.3 is 0 Å². The molecule has 0 aromatic heterocycles. The number of para-hydroxylation sites is 1. The number of nitrogens with zero attached hydrogens (tertiary/aromatic N) is 1. The van der Waals surface area contributed by atoms with Gasteiger partial charge in [0.1, 0.15) is 5.82 Å². The van der Waals surface area contributed by atoms with E-state index in [-0.39, 0.29) is 18.3 Å². The first-order chi connectivity index (χ1) is 10.1. The van der Waals surface area contributed by atoms with Crippen LogP contribution in [0, 0.1) is 5.82 Å². The third kappa shape index (κ3) is 4.03. The summed E-state index contributed by atoms with van der Waals surface area (Å²) in [4.78, 5) is 13.8. The lowest BCUT2D eigenvalue weighted by Crippen LogP contribution is -2.30. The molecule has 2 rings (SSSR count). The standard InChI is InChI=1S/C16H18FN3O/c1-20(15-5-3-2-4-12(15)10-18)11-16(21)19-14-8-6-13(17)7-9-14/h2-9H,10-11,18H2,1H3,(H,19,21). The summed E-state index contributed by atoms with van der Waals surface area (Å²) in [5, 5.41) is 2.73. The minimum atomic E-state index is -0.331. The number of carbonyl (C=O) groups is 1. The Kier molecular flexibility index (Phi) is 4.90. The van der Waals surface area contributed by atoms with Crippen LogP contribution in [0.3, 0.4) is 0 Å². The van der Waals surface area contributed by atoms with Crippen LogP contribution in [0.5, 0.6) is 0 Å². The van der Waals surface area contributed by atoms with Crippen molar-refractivity contribution in [3.05, 3.63) is 59.9 Å². The monoisotopic (exact) mass is 287 g/mol. The highest BCUT2D eigenvalue weighted by atomic mass is 19.1. The number of amides is 1. The molecule has 110 valence electrons. The van der Waals surface area contributed by atoms with Crippen LogP contribution >= 0.6 is 0 Å². The molecule has 2 aromatic rings. The van der Waals surface area contributed by atoms with Gasteiger partial charge < -0.3 is 16.0 Å². The number of carbonyl (C=O) groups excluding carboxylic acids is 1. The fraction of sp³-hybridized carbons (Fsp3) is 0.188. The Balaban J connectivity index is 2.00. The number of likely N-dealkylation sites (N-methyl/N-ethyl adjacent to an activating group) is 1. The molecule has 2 aromatic carbocycles. The molecule has 0 atom stereocenters. The second-order valence-electron chi connectivity index (χ2n) is 4.74. The molecule has 0 heterocycles. The van der Waals surface area contributed by atoms with Crippen molar-refractivity contribution >= 4 is 17.3 Å². The smallest absolute Gasteiger partial charge is 0.243 e. The molecule has 4 nitrogen and oxygen atoms in total. The van der Waals surface area contributed by atoms with Crippen LogP contribution in [0.4, 0.5) is 15.8 Å². The summed E-state index contributed by atoms with van der Waals surface area (Å²) < 4.78 is 12.8. The quantitative estimate of drug-likeness (QED) is 0.887. The third-order valence-corrected chi connectivity index (χ3v) is 3.13. The SMILES string of the molecule is CN(CC(=O)Nc1ccc(F)cc1)c1ccccc1CN. The van der Waals surface area contributed by atoms with Crippen molar-refractivity contribution < 1.29 is 9.18 Å². The average Bonchev–Trinajstić information content (AvgIpc) is 2.49. The Morgan fingerprint density at radius 3 is 2.52 bits per heavy atom. The number of hydrogen-bond donors (Lipinski definition) is 2. The molecule has 0 aliphatic heterocycles. The van der Waals surface area contributed by atoms with E-state index in [4.69, 9.17) is 5.73 Å². The van der Waals surface area contributed by atoms with E-state index >= 15 is 0 Å². The second-order valence-corrected chi connectivity index (χ2v) is 4.74. The van der Waals surface area contributed by atoms with E-state index in [9.17, 15) is 9.18 Å². The predicted octanol–water partition coefficient (Wildman–Crippen LogP) is 2.36. The average molecular weight is 287 g/mol. The molecule has 0 aliphatic carbocycles. The molecule has 0 radical (unpaired) electrons. The maximum absolute atomic E-state index is 12.8. The number of anilines is 2. The summed E-state index contributed by atoms with van der Waals surface area (Å²) in [7, 11) is 1.83. The van der Waals surface area contributed by atoms with Gasteiger partial charge in [-0.15, -0.1) is 0 Å². The summed E-state index contributed by atoms with van der Waals surface area (Å²) in [6.45, 7) is 0.606. The van der Waals surface area contributed by atoms with Crippen molar-refractivity contribution in [2.75, 3.05) is 23.8 Å². The van der Waals surface area contributed by atoms with Crippen molar-refractivity contribution in [3.63, 3.8) is 0 Å². The number of nitrogens with two attached hydrogens (primary N) is 1. The van der Waals surface area contributed by atoms with Crippen molar-refractivity contribution in [1.82, 2.24) is 0 Å². The van der Waals surface area contributed by atoms with Crippen LogP contribution in [0.25, 0.3) is 0 Å². The van der Waals surface area contributed by atoms with Crippen LogP contribution in [-0.4, -0.2) is 19.5 Å². The minimum absolute atomic E-state index is 0.170. The predicted molar refractivity (Wildman–Crippen MR) is 82.6 cm³/mol. The number of halogens is 1. The topological polar surface area (TPSA) is 58.4 Å². The molecular formula is C16H18FN3O. The number of rotatable bonds is 5. The van der Waals surface area contributed by atoms with Gasteiger partial charge in [0.2, 0.25) is 5.91 Å². The lowest BCUT2D eigenvalue weighted by molar-refractivity contribution is -0.114. The summed E-state index contributed by atoms with van der Waals surface area (Å²) >= 11 is 0. The fourth-order valence-corrected chi connectivity index (χ4v) is 2.09. The van der Waals surface area contributed by atoms with Crippen LogP contribution in [0.15, 0.2) is 48.5 Å². The molecule has 3 N–H and O–H groups in total. The summed E-state index contributed by atoms with van der Waals surface area (Å²) in [5.41, 5.74) is 8.17. The first-order valence-electron chi connectivity index (χ1n) is 6.64. The Labute approximate surface area is 123 Å². The van der Waals surface area contributed by atoms with Gasteiger partial charge in [-0.05, 0) is 35.9 Å². The van der Waals surface area contributed by atoms with E-state index in [1.54, 1.807) is 0 Å². The van der Waals surface area contributed by atoms with Gasteiger partial charge in [-0.1, -0.05) is 18.2 Å². The molecule has 0 unspecified atom stereocenters.